The van der Waals surface area contributed by atoms with Crippen LogP contribution in [0.25, 0.3) is 22.3 Å². The molecule has 2 aliphatic heterocycles. The van der Waals surface area contributed by atoms with E-state index in [4.69, 9.17) is 13.9 Å². The van der Waals surface area contributed by atoms with Gasteiger partial charge in [0.1, 0.15) is 89.4 Å². The molecule has 0 aliphatic carbocycles. The van der Waals surface area contributed by atoms with Crippen LogP contribution in [0.4, 0.5) is 0 Å². The molecule has 2 saturated heterocycles. The van der Waals surface area contributed by atoms with E-state index in [1.165, 1.54) is 24.3 Å². The molecule has 11 N–H and O–H groups in total. The Morgan fingerprint density at radius 3 is 1.64 bits per heavy atom. The van der Waals surface area contributed by atoms with Crippen molar-refractivity contribution in [3.05, 3.63) is 51.7 Å². The molecule has 15 heteroatoms. The molecule has 2 aliphatic rings. The number of fused-ring (bicyclic) bond motifs is 1. The Labute approximate surface area is 235 Å². The molecular formula is C27H30O15. The van der Waals surface area contributed by atoms with E-state index in [1.54, 1.807) is 0 Å². The molecule has 2 fully saturated rings. The summed E-state index contributed by atoms with van der Waals surface area (Å²) in [5, 5.41) is 114. The quantitative estimate of drug-likeness (QED) is 0.147. The molecule has 3 heterocycles. The zero-order valence-corrected chi connectivity index (χ0v) is 21.6. The van der Waals surface area contributed by atoms with Gasteiger partial charge in [-0.05, 0) is 24.3 Å². The zero-order chi connectivity index (χ0) is 30.6. The van der Waals surface area contributed by atoms with Crippen molar-refractivity contribution in [2.45, 2.75) is 61.0 Å². The predicted octanol–water partition coefficient (Wildman–Crippen LogP) is -2.39. The van der Waals surface area contributed by atoms with Crippen molar-refractivity contribution >= 4 is 11.0 Å². The third kappa shape index (κ3) is 4.79. The number of rotatable bonds is 5. The summed E-state index contributed by atoms with van der Waals surface area (Å²) in [5.41, 5.74) is -2.48. The first-order chi connectivity index (χ1) is 19.9. The van der Waals surface area contributed by atoms with E-state index < -0.39 is 113 Å². The van der Waals surface area contributed by atoms with Crippen molar-refractivity contribution in [1.82, 2.24) is 0 Å². The Hall–Kier alpha value is -3.35. The number of ether oxygens (including phenoxy) is 2. The summed E-state index contributed by atoms with van der Waals surface area (Å²) < 4.78 is 17.0. The second kappa shape index (κ2) is 11.4. The molecule has 15 nitrogen and oxygen atoms in total. The van der Waals surface area contributed by atoms with Crippen LogP contribution in [0, 0.1) is 0 Å². The number of aliphatic hydroxyl groups is 8. The van der Waals surface area contributed by atoms with E-state index in [9.17, 15) is 61.0 Å². The predicted molar refractivity (Wildman–Crippen MR) is 138 cm³/mol. The Morgan fingerprint density at radius 2 is 1.14 bits per heavy atom. The Kier molecular flexibility index (Phi) is 8.16. The van der Waals surface area contributed by atoms with Gasteiger partial charge in [0, 0.05) is 11.6 Å². The van der Waals surface area contributed by atoms with Crippen LogP contribution >= 0.6 is 0 Å². The van der Waals surface area contributed by atoms with Gasteiger partial charge < -0.3 is 70.1 Å². The third-order valence-electron chi connectivity index (χ3n) is 7.70. The largest absolute Gasteiger partial charge is 0.508 e. The minimum atomic E-state index is -2.02. The lowest BCUT2D eigenvalue weighted by Gasteiger charge is -2.42. The number of phenols is 3. The summed E-state index contributed by atoms with van der Waals surface area (Å²) in [5.74, 6) is -2.20. The lowest BCUT2D eigenvalue weighted by Crippen LogP contribution is -2.55. The van der Waals surface area contributed by atoms with E-state index in [0.717, 1.165) is 6.07 Å². The zero-order valence-electron chi connectivity index (χ0n) is 21.6. The molecular weight excluding hydrogens is 564 g/mol. The van der Waals surface area contributed by atoms with E-state index >= 15 is 0 Å². The van der Waals surface area contributed by atoms with Gasteiger partial charge in [0.2, 0.25) is 0 Å². The number of hydrogen-bond donors (Lipinski definition) is 11. The first-order valence-electron chi connectivity index (χ1n) is 12.9. The van der Waals surface area contributed by atoms with Gasteiger partial charge in [-0.15, -0.1) is 0 Å². The number of aliphatic hydroxyl groups excluding tert-OH is 8. The summed E-state index contributed by atoms with van der Waals surface area (Å²) in [6.45, 7) is -1.70. The second-order valence-corrected chi connectivity index (χ2v) is 10.2. The van der Waals surface area contributed by atoms with Crippen molar-refractivity contribution in [2.24, 2.45) is 0 Å². The van der Waals surface area contributed by atoms with Gasteiger partial charge in [-0.3, -0.25) is 4.79 Å². The summed E-state index contributed by atoms with van der Waals surface area (Å²) in [7, 11) is 0. The van der Waals surface area contributed by atoms with Crippen molar-refractivity contribution in [3.8, 4) is 28.6 Å². The highest BCUT2D eigenvalue weighted by Gasteiger charge is 2.50. The molecule has 3 aromatic rings. The molecule has 10 atom stereocenters. The minimum Gasteiger partial charge on any atom is -0.508 e. The topological polar surface area (TPSA) is 271 Å². The molecule has 5 rings (SSSR count). The van der Waals surface area contributed by atoms with Crippen LogP contribution in [-0.4, -0.2) is 118 Å². The van der Waals surface area contributed by atoms with E-state index in [0.29, 0.717) is 0 Å². The molecule has 1 aromatic heterocycles. The average molecular weight is 595 g/mol. The number of hydrogen-bond acceptors (Lipinski definition) is 15. The van der Waals surface area contributed by atoms with E-state index in [1.807, 2.05) is 0 Å². The number of benzene rings is 2. The fourth-order valence-corrected chi connectivity index (χ4v) is 5.39. The van der Waals surface area contributed by atoms with Crippen LogP contribution in [0.2, 0.25) is 0 Å². The molecule has 0 spiro atoms. The van der Waals surface area contributed by atoms with Crippen molar-refractivity contribution in [2.75, 3.05) is 13.2 Å². The third-order valence-corrected chi connectivity index (χ3v) is 7.70. The van der Waals surface area contributed by atoms with Crippen molar-refractivity contribution in [1.29, 1.82) is 0 Å². The number of phenolic OH excluding ortho intramolecular Hbond substituents is 3. The van der Waals surface area contributed by atoms with Gasteiger partial charge >= 0.3 is 0 Å². The Bertz CT molecular complexity index is 1500. The molecule has 0 bridgehead atoms. The van der Waals surface area contributed by atoms with Crippen molar-refractivity contribution < 1.29 is 70.1 Å². The van der Waals surface area contributed by atoms with Gasteiger partial charge in [-0.2, -0.15) is 0 Å². The highest BCUT2D eigenvalue weighted by molar-refractivity contribution is 5.92. The van der Waals surface area contributed by atoms with Crippen LogP contribution in [0.5, 0.6) is 17.2 Å². The number of aromatic hydroxyl groups is 3. The smallest absolute Gasteiger partial charge is 0.197 e. The van der Waals surface area contributed by atoms with E-state index in [-0.39, 0.29) is 17.1 Å². The van der Waals surface area contributed by atoms with Crippen molar-refractivity contribution in [3.63, 3.8) is 0 Å². The fourth-order valence-electron chi connectivity index (χ4n) is 5.39. The molecule has 0 saturated carbocycles. The molecule has 0 unspecified atom stereocenters. The average Bonchev–Trinajstić information content (AvgIpc) is 2.97. The lowest BCUT2D eigenvalue weighted by molar-refractivity contribution is -0.234. The standard InChI is InChI=1S/C27H30O15/c28-6-12-17(32)21(36)23(38)26(41-12)15-19(34)14-10(31)5-11(8-1-3-9(30)4-2-8)40-25(14)16(20(15)35)27-24(39)22(37)18(33)13(7-29)42-27/h1-5,12-13,17-18,21-24,26-30,32-39H,6-7H2/t12-,13-,17-,18-,21+,22+,23+,24+,26+,27+/m1/s1. The minimum absolute atomic E-state index is 0.0941. The van der Waals surface area contributed by atoms with Gasteiger partial charge in [0.05, 0.1) is 24.3 Å². The molecule has 0 radical (unpaired) electrons. The highest BCUT2D eigenvalue weighted by Crippen LogP contribution is 2.51. The summed E-state index contributed by atoms with van der Waals surface area (Å²) in [6.07, 6.45) is -18.2. The first-order valence-corrected chi connectivity index (χ1v) is 12.9. The molecule has 228 valence electrons. The molecule has 2 aromatic carbocycles. The van der Waals surface area contributed by atoms with Gasteiger partial charge in [0.25, 0.3) is 0 Å². The monoisotopic (exact) mass is 594 g/mol. The first kappa shape index (κ1) is 30.1. The van der Waals surface area contributed by atoms with Crippen LogP contribution in [0.15, 0.2) is 39.5 Å². The highest BCUT2D eigenvalue weighted by atomic mass is 16.6. The van der Waals surface area contributed by atoms with Crippen LogP contribution in [0.3, 0.4) is 0 Å². The maximum atomic E-state index is 13.5. The summed E-state index contributed by atoms with van der Waals surface area (Å²) in [4.78, 5) is 13.5. The van der Waals surface area contributed by atoms with Crippen LogP contribution in [0.1, 0.15) is 23.3 Å². The van der Waals surface area contributed by atoms with Crippen LogP contribution < -0.4 is 5.43 Å². The maximum Gasteiger partial charge on any atom is 0.197 e. The Morgan fingerprint density at radius 1 is 0.643 bits per heavy atom. The summed E-state index contributed by atoms with van der Waals surface area (Å²) >= 11 is 0. The molecule has 42 heavy (non-hydrogen) atoms. The Balaban J connectivity index is 1.82. The normalized spacial score (nSPS) is 33.6. The lowest BCUT2D eigenvalue weighted by atomic mass is 9.85. The van der Waals surface area contributed by atoms with Gasteiger partial charge in [-0.25, -0.2) is 0 Å². The molecule has 0 amide bonds. The second-order valence-electron chi connectivity index (χ2n) is 10.2. The SMILES string of the molecule is O=c1cc(-c2ccc(O)cc2)oc2c([C@@H]3O[C@H](CO)[C@@H](O)[C@H](O)[C@@H]3O)c(O)c([C@@H]3O[C@H](CO)[C@@H](O)[C@H](O)[C@@H]3O)c(O)c12. The van der Waals surface area contributed by atoms with Gasteiger partial charge in [-0.1, -0.05) is 0 Å². The van der Waals surface area contributed by atoms with Crippen LogP contribution in [-0.2, 0) is 9.47 Å². The fraction of sp³-hybridized carbons (Fsp3) is 0.444. The maximum absolute atomic E-state index is 13.5. The van der Waals surface area contributed by atoms with E-state index in [2.05, 4.69) is 0 Å². The van der Waals surface area contributed by atoms with Gasteiger partial charge in [0.15, 0.2) is 11.0 Å². The summed E-state index contributed by atoms with van der Waals surface area (Å²) in [6, 6.07) is 6.37.